The van der Waals surface area contributed by atoms with E-state index in [-0.39, 0.29) is 16.6 Å². The predicted molar refractivity (Wildman–Crippen MR) is 97.7 cm³/mol. The van der Waals surface area contributed by atoms with E-state index in [0.29, 0.717) is 21.2 Å². The van der Waals surface area contributed by atoms with Crippen LogP contribution in [0.15, 0.2) is 55.2 Å². The van der Waals surface area contributed by atoms with Gasteiger partial charge in [0.05, 0.1) is 20.4 Å². The number of aliphatic imine (C=N–C) groups is 1. The predicted octanol–water partition coefficient (Wildman–Crippen LogP) is 3.02. The normalized spacial score (nSPS) is 11.1. The van der Waals surface area contributed by atoms with E-state index in [4.69, 9.17) is 20.8 Å². The maximum Gasteiger partial charge on any atom is 0.294 e. The van der Waals surface area contributed by atoms with E-state index in [1.807, 2.05) is 0 Å². The monoisotopic (exact) mass is 477 g/mol. The molecule has 0 heterocycles. The van der Waals surface area contributed by atoms with E-state index in [2.05, 4.69) is 36.9 Å². The Morgan fingerprint density at radius 3 is 2.38 bits per heavy atom. The molecule has 0 aromatic heterocycles. The minimum atomic E-state index is -4.32. The lowest BCUT2D eigenvalue weighted by Gasteiger charge is -2.11. The molecule has 0 atom stereocenters. The summed E-state index contributed by atoms with van der Waals surface area (Å²) in [6.07, 6.45) is 0. The van der Waals surface area contributed by atoms with Gasteiger partial charge in [-0.1, -0.05) is 6.07 Å². The highest BCUT2D eigenvalue weighted by Crippen LogP contribution is 2.35. The van der Waals surface area contributed by atoms with Crippen molar-refractivity contribution >= 4 is 47.9 Å². The van der Waals surface area contributed by atoms with E-state index in [1.165, 1.54) is 18.2 Å². The van der Waals surface area contributed by atoms with Gasteiger partial charge in [-0.15, -0.1) is 0 Å². The van der Waals surface area contributed by atoms with E-state index in [0.717, 1.165) is 5.56 Å². The molecule has 10 heteroatoms. The maximum absolute atomic E-state index is 11.2. The second-order valence-corrected chi connectivity index (χ2v) is 7.81. The van der Waals surface area contributed by atoms with Crippen LogP contribution in [0.3, 0.4) is 0 Å². The van der Waals surface area contributed by atoms with Crippen LogP contribution in [0.4, 0.5) is 0 Å². The highest BCUT2D eigenvalue weighted by atomic mass is 79.9. The van der Waals surface area contributed by atoms with Crippen molar-refractivity contribution in [2.75, 3.05) is 0 Å². The molecule has 0 aliphatic heterocycles. The van der Waals surface area contributed by atoms with E-state index < -0.39 is 10.1 Å². The molecular formula is C14H13Br2N3O4S. The lowest BCUT2D eigenvalue weighted by Crippen LogP contribution is -2.22. The number of guanidine groups is 1. The molecule has 0 unspecified atom stereocenters. The van der Waals surface area contributed by atoms with Crippen LogP contribution in [0.25, 0.3) is 0 Å². The molecule has 0 aliphatic carbocycles. The van der Waals surface area contributed by atoms with Crippen LogP contribution < -0.4 is 16.2 Å². The van der Waals surface area contributed by atoms with Crippen molar-refractivity contribution in [2.24, 2.45) is 16.5 Å². The van der Waals surface area contributed by atoms with Crippen molar-refractivity contribution in [1.29, 1.82) is 0 Å². The Hall–Kier alpha value is -1.62. The number of benzene rings is 2. The van der Waals surface area contributed by atoms with Gasteiger partial charge in [0.1, 0.15) is 11.5 Å². The number of ether oxygens (including phenoxy) is 1. The molecule has 5 N–H and O–H groups in total. The molecule has 0 saturated heterocycles. The molecule has 2 aromatic carbocycles. The highest BCUT2D eigenvalue weighted by molar-refractivity contribution is 9.11. The third kappa shape index (κ3) is 4.94. The third-order valence-electron chi connectivity index (χ3n) is 2.86. The van der Waals surface area contributed by atoms with Crippen LogP contribution in [0.5, 0.6) is 11.5 Å². The van der Waals surface area contributed by atoms with E-state index >= 15 is 0 Å². The number of rotatable bonds is 5. The first-order chi connectivity index (χ1) is 11.2. The van der Waals surface area contributed by atoms with Crippen molar-refractivity contribution in [1.82, 2.24) is 0 Å². The van der Waals surface area contributed by atoms with E-state index in [9.17, 15) is 8.42 Å². The average molecular weight is 479 g/mol. The summed E-state index contributed by atoms with van der Waals surface area (Å²) in [5, 5.41) is 0. The Balaban J connectivity index is 2.30. The molecule has 0 fully saturated rings. The topological polar surface area (TPSA) is 128 Å². The molecule has 2 rings (SSSR count). The standard InChI is InChI=1S/C14H13Br2N3O4S/c15-10-3-2-9(24(20,21)22)6-13(10)23-12-4-1-8(5-11(12)16)7-19-14(17)18/h1-6H,7H2,(H4,17,18,19)(H,20,21,22). The van der Waals surface area contributed by atoms with Crippen LogP contribution in [0, 0.1) is 0 Å². The Bertz CT molecular complexity index is 897. The average Bonchev–Trinajstić information content (AvgIpc) is 2.48. The molecule has 0 radical (unpaired) electrons. The smallest absolute Gasteiger partial charge is 0.294 e. The molecule has 0 saturated carbocycles. The van der Waals surface area contributed by atoms with Gasteiger partial charge in [-0.05, 0) is 61.7 Å². The van der Waals surface area contributed by atoms with Crippen LogP contribution in [0.2, 0.25) is 0 Å². The van der Waals surface area contributed by atoms with Gasteiger partial charge in [-0.25, -0.2) is 4.99 Å². The van der Waals surface area contributed by atoms with Crippen molar-refractivity contribution in [3.05, 3.63) is 50.9 Å². The summed E-state index contributed by atoms with van der Waals surface area (Å²) in [6.45, 7) is 0.323. The summed E-state index contributed by atoms with van der Waals surface area (Å²) >= 11 is 6.65. The summed E-state index contributed by atoms with van der Waals surface area (Å²) in [5.41, 5.74) is 11.4. The molecule has 0 bridgehead atoms. The quantitative estimate of drug-likeness (QED) is 0.344. The zero-order valence-corrected chi connectivity index (χ0v) is 16.1. The van der Waals surface area contributed by atoms with Crippen molar-refractivity contribution in [2.45, 2.75) is 11.4 Å². The zero-order chi connectivity index (χ0) is 17.9. The lowest BCUT2D eigenvalue weighted by atomic mass is 10.2. The Morgan fingerprint density at radius 1 is 1.08 bits per heavy atom. The highest BCUT2D eigenvalue weighted by Gasteiger charge is 2.14. The first kappa shape index (κ1) is 18.7. The maximum atomic E-state index is 11.2. The summed E-state index contributed by atoms with van der Waals surface area (Å²) in [5.74, 6) is 0.692. The Morgan fingerprint density at radius 2 is 1.79 bits per heavy atom. The summed E-state index contributed by atoms with van der Waals surface area (Å²) in [4.78, 5) is 3.65. The van der Waals surface area contributed by atoms with Crippen LogP contribution in [-0.2, 0) is 16.7 Å². The Labute approximate surface area is 155 Å². The Kier molecular flexibility index (Phi) is 5.86. The first-order valence-corrected chi connectivity index (χ1v) is 9.48. The minimum Gasteiger partial charge on any atom is -0.455 e. The van der Waals surface area contributed by atoms with Gasteiger partial charge >= 0.3 is 0 Å². The summed E-state index contributed by atoms with van der Waals surface area (Å²) < 4.78 is 38.5. The number of hydrogen-bond acceptors (Lipinski definition) is 4. The molecule has 128 valence electrons. The molecule has 0 spiro atoms. The van der Waals surface area contributed by atoms with Gasteiger partial charge in [-0.2, -0.15) is 8.42 Å². The van der Waals surface area contributed by atoms with Gasteiger partial charge in [0.25, 0.3) is 10.1 Å². The second kappa shape index (κ2) is 7.51. The third-order valence-corrected chi connectivity index (χ3v) is 4.99. The molecule has 7 nitrogen and oxygen atoms in total. The van der Waals surface area contributed by atoms with Crippen molar-refractivity contribution in [3.63, 3.8) is 0 Å². The van der Waals surface area contributed by atoms with E-state index in [1.54, 1.807) is 18.2 Å². The van der Waals surface area contributed by atoms with Crippen LogP contribution in [-0.4, -0.2) is 18.9 Å². The summed E-state index contributed by atoms with van der Waals surface area (Å²) in [6, 6.07) is 9.20. The molecule has 0 amide bonds. The molecular weight excluding hydrogens is 466 g/mol. The van der Waals surface area contributed by atoms with Gasteiger partial charge in [0.15, 0.2) is 5.96 Å². The first-order valence-electron chi connectivity index (χ1n) is 6.45. The fraction of sp³-hybridized carbons (Fsp3) is 0.0714. The fourth-order valence-corrected chi connectivity index (χ4v) is 3.08. The molecule has 2 aromatic rings. The van der Waals surface area contributed by atoms with Gasteiger partial charge in [-0.3, -0.25) is 4.55 Å². The van der Waals surface area contributed by atoms with Crippen molar-refractivity contribution < 1.29 is 17.7 Å². The van der Waals surface area contributed by atoms with Crippen LogP contribution >= 0.6 is 31.9 Å². The fourth-order valence-electron chi connectivity index (χ4n) is 1.75. The van der Waals surface area contributed by atoms with Gasteiger partial charge in [0, 0.05) is 6.07 Å². The minimum absolute atomic E-state index is 0.00240. The zero-order valence-electron chi connectivity index (χ0n) is 12.1. The second-order valence-electron chi connectivity index (χ2n) is 4.68. The number of hydrogen-bond donors (Lipinski definition) is 3. The lowest BCUT2D eigenvalue weighted by molar-refractivity contribution is 0.467. The number of halogens is 2. The number of nitrogens with two attached hydrogens (primary N) is 2. The van der Waals surface area contributed by atoms with Gasteiger partial charge < -0.3 is 16.2 Å². The molecule has 24 heavy (non-hydrogen) atoms. The number of nitrogens with zero attached hydrogens (tertiary/aromatic N) is 1. The van der Waals surface area contributed by atoms with Crippen molar-refractivity contribution in [3.8, 4) is 11.5 Å². The largest absolute Gasteiger partial charge is 0.455 e. The molecule has 0 aliphatic rings. The summed E-state index contributed by atoms with van der Waals surface area (Å²) in [7, 11) is -4.32. The SMILES string of the molecule is NC(N)=NCc1ccc(Oc2cc(S(=O)(=O)O)ccc2Br)c(Br)c1. The van der Waals surface area contributed by atoms with Gasteiger partial charge in [0.2, 0.25) is 0 Å². The van der Waals surface area contributed by atoms with Crippen LogP contribution in [0.1, 0.15) is 5.56 Å².